The number of hydrogen-bond acceptors (Lipinski definition) is 2. The van der Waals surface area contributed by atoms with E-state index >= 15 is 0 Å². The molecule has 0 aliphatic carbocycles. The topological polar surface area (TPSA) is 37.0 Å². The smallest absolute Gasteiger partial charge is 0.171 e. The van der Waals surface area contributed by atoms with Crippen molar-refractivity contribution in [3.63, 3.8) is 0 Å². The molecule has 0 radical (unpaired) electrons. The molecule has 0 unspecified atom stereocenters. The third-order valence-electron chi connectivity index (χ3n) is 3.18. The van der Waals surface area contributed by atoms with Crippen molar-refractivity contribution in [1.29, 1.82) is 0 Å². The van der Waals surface area contributed by atoms with Gasteiger partial charge in [-0.25, -0.2) is 9.37 Å². The number of nitrogens with one attached hydrogen (secondary N) is 2. The van der Waals surface area contributed by atoms with Gasteiger partial charge in [-0.3, -0.25) is 0 Å². The van der Waals surface area contributed by atoms with E-state index in [0.29, 0.717) is 22.5 Å². The van der Waals surface area contributed by atoms with Crippen molar-refractivity contribution in [3.05, 3.63) is 56.9 Å². The van der Waals surface area contributed by atoms with Crippen LogP contribution < -0.4 is 10.6 Å². The molecule has 2 rings (SSSR count). The van der Waals surface area contributed by atoms with Crippen LogP contribution in [0.2, 0.25) is 5.02 Å². The lowest BCUT2D eigenvalue weighted by Gasteiger charge is -2.12. The van der Waals surface area contributed by atoms with Crippen LogP contribution in [0.15, 0.2) is 34.8 Å². The monoisotopic (exact) mass is 415 g/mol. The molecule has 23 heavy (non-hydrogen) atoms. The Bertz CT molecular complexity index is 694. The summed E-state index contributed by atoms with van der Waals surface area (Å²) in [5.74, 6) is 0.413. The fourth-order valence-electron chi connectivity index (χ4n) is 1.94. The minimum Gasteiger partial charge on any atom is -0.362 e. The maximum absolute atomic E-state index is 12.8. The Morgan fingerprint density at radius 2 is 2.04 bits per heavy atom. The maximum atomic E-state index is 12.8. The van der Waals surface area contributed by atoms with Gasteiger partial charge in [-0.1, -0.05) is 23.7 Å². The third kappa shape index (κ3) is 5.71. The molecule has 2 aromatic rings. The van der Waals surface area contributed by atoms with E-state index in [1.807, 2.05) is 6.92 Å². The summed E-state index contributed by atoms with van der Waals surface area (Å²) in [6.07, 6.45) is 1.75. The van der Waals surface area contributed by atoms with Crippen molar-refractivity contribution >= 4 is 50.7 Å². The molecule has 0 aliphatic heterocycles. The maximum Gasteiger partial charge on any atom is 0.171 e. The number of thiocarbonyl (C=S) groups is 1. The summed E-state index contributed by atoms with van der Waals surface area (Å²) in [5, 5.41) is 7.26. The van der Waals surface area contributed by atoms with Crippen LogP contribution in [0.3, 0.4) is 0 Å². The van der Waals surface area contributed by atoms with Gasteiger partial charge in [-0.15, -0.1) is 0 Å². The summed E-state index contributed by atoms with van der Waals surface area (Å²) in [6.45, 7) is 2.55. The summed E-state index contributed by atoms with van der Waals surface area (Å²) in [5.41, 5.74) is 1.83. The van der Waals surface area contributed by atoms with Crippen molar-refractivity contribution in [2.24, 2.45) is 0 Å². The molecule has 0 bridgehead atoms. The molecular weight excluding hydrogens is 401 g/mol. The third-order valence-corrected chi connectivity index (χ3v) is 4.41. The predicted octanol–water partition coefficient (Wildman–Crippen LogP) is 4.86. The lowest BCUT2D eigenvalue weighted by Crippen LogP contribution is -2.30. The summed E-state index contributed by atoms with van der Waals surface area (Å²) in [4.78, 5) is 4.34. The number of pyridine rings is 1. The number of hydrogen-bond donors (Lipinski definition) is 2. The van der Waals surface area contributed by atoms with E-state index in [1.165, 1.54) is 12.1 Å². The van der Waals surface area contributed by atoms with Crippen LogP contribution in [0.1, 0.15) is 17.7 Å². The highest BCUT2D eigenvalue weighted by Gasteiger charge is 2.07. The first-order valence-corrected chi connectivity index (χ1v) is 8.65. The van der Waals surface area contributed by atoms with Gasteiger partial charge in [-0.2, -0.15) is 0 Å². The highest BCUT2D eigenvalue weighted by atomic mass is 79.9. The molecule has 0 fully saturated rings. The van der Waals surface area contributed by atoms with E-state index in [2.05, 4.69) is 31.5 Å². The van der Waals surface area contributed by atoms with Gasteiger partial charge in [-0.05, 0) is 71.7 Å². The fraction of sp³-hybridized carbons (Fsp3) is 0.250. The van der Waals surface area contributed by atoms with Crippen molar-refractivity contribution in [2.75, 3.05) is 11.9 Å². The van der Waals surface area contributed by atoms with Crippen LogP contribution in [0, 0.1) is 12.7 Å². The number of aryl methyl sites for hydroxylation is 2. The van der Waals surface area contributed by atoms with E-state index in [-0.39, 0.29) is 5.82 Å². The number of rotatable bonds is 5. The first kappa shape index (κ1) is 18.1. The number of anilines is 1. The van der Waals surface area contributed by atoms with E-state index in [9.17, 15) is 4.39 Å². The zero-order valence-electron chi connectivity index (χ0n) is 12.5. The summed E-state index contributed by atoms with van der Waals surface area (Å²) < 4.78 is 13.6. The minimum atomic E-state index is -0.214. The van der Waals surface area contributed by atoms with Crippen LogP contribution >= 0.6 is 39.7 Å². The molecule has 3 nitrogen and oxygen atoms in total. The zero-order chi connectivity index (χ0) is 16.8. The lowest BCUT2D eigenvalue weighted by molar-refractivity contribution is 0.626. The van der Waals surface area contributed by atoms with Crippen molar-refractivity contribution in [3.8, 4) is 0 Å². The second-order valence-electron chi connectivity index (χ2n) is 5.00. The van der Waals surface area contributed by atoms with Gasteiger partial charge in [0.05, 0.1) is 15.2 Å². The van der Waals surface area contributed by atoms with E-state index in [0.717, 1.165) is 28.6 Å². The highest BCUT2D eigenvalue weighted by Crippen LogP contribution is 2.25. The number of aromatic nitrogens is 1. The van der Waals surface area contributed by atoms with Gasteiger partial charge in [0.15, 0.2) is 5.11 Å². The van der Waals surface area contributed by atoms with E-state index in [1.54, 1.807) is 18.2 Å². The molecule has 0 spiro atoms. The molecule has 122 valence electrons. The molecule has 1 aromatic heterocycles. The Hall–Kier alpha value is -1.24. The van der Waals surface area contributed by atoms with Crippen molar-refractivity contribution < 1.29 is 4.39 Å². The quantitative estimate of drug-likeness (QED) is 0.539. The van der Waals surface area contributed by atoms with Gasteiger partial charge >= 0.3 is 0 Å². The van der Waals surface area contributed by atoms with Crippen LogP contribution in [-0.2, 0) is 6.42 Å². The van der Waals surface area contributed by atoms with Crippen LogP contribution in [-0.4, -0.2) is 16.6 Å². The number of nitrogens with zero attached hydrogens (tertiary/aromatic N) is 1. The minimum absolute atomic E-state index is 0.214. The normalized spacial score (nSPS) is 10.4. The Kier molecular flexibility index (Phi) is 6.74. The second kappa shape index (κ2) is 8.57. The predicted molar refractivity (Wildman–Crippen MR) is 101 cm³/mol. The Morgan fingerprint density at radius 3 is 2.74 bits per heavy atom. The molecule has 0 aliphatic rings. The summed E-state index contributed by atoms with van der Waals surface area (Å²) >= 11 is 14.7. The molecule has 0 amide bonds. The summed E-state index contributed by atoms with van der Waals surface area (Å²) in [7, 11) is 0. The van der Waals surface area contributed by atoms with Gasteiger partial charge in [0.25, 0.3) is 0 Å². The van der Waals surface area contributed by atoms with Crippen LogP contribution in [0.5, 0.6) is 0 Å². The van der Waals surface area contributed by atoms with Gasteiger partial charge < -0.3 is 10.6 Å². The number of benzene rings is 1. The first-order valence-electron chi connectivity index (χ1n) is 7.07. The number of halogens is 3. The second-order valence-corrected chi connectivity index (χ2v) is 6.67. The van der Waals surface area contributed by atoms with Crippen molar-refractivity contribution in [2.45, 2.75) is 19.8 Å². The van der Waals surface area contributed by atoms with Gasteiger partial charge in [0, 0.05) is 6.54 Å². The average Bonchev–Trinajstić information content (AvgIpc) is 2.51. The van der Waals surface area contributed by atoms with Crippen LogP contribution in [0.25, 0.3) is 0 Å². The van der Waals surface area contributed by atoms with E-state index < -0.39 is 0 Å². The summed E-state index contributed by atoms with van der Waals surface area (Å²) in [6, 6.07) is 8.32. The van der Waals surface area contributed by atoms with Crippen molar-refractivity contribution in [1.82, 2.24) is 10.3 Å². The lowest BCUT2D eigenvalue weighted by atomic mass is 10.1. The molecule has 0 atom stereocenters. The highest BCUT2D eigenvalue weighted by molar-refractivity contribution is 9.10. The SMILES string of the molecule is Cc1nc(NC(=S)NCCCc2ccc(F)cc2)c(Br)cc1Cl. The average molecular weight is 417 g/mol. The fourth-order valence-corrected chi connectivity index (χ4v) is 2.84. The molecule has 0 saturated heterocycles. The Morgan fingerprint density at radius 1 is 1.35 bits per heavy atom. The molecule has 7 heteroatoms. The Labute approximate surface area is 153 Å². The molecule has 2 N–H and O–H groups in total. The Balaban J connectivity index is 1.77. The molecule has 0 saturated carbocycles. The van der Waals surface area contributed by atoms with Crippen LogP contribution in [0.4, 0.5) is 10.2 Å². The van der Waals surface area contributed by atoms with Gasteiger partial charge in [0.1, 0.15) is 11.6 Å². The standard InChI is InChI=1S/C16H16BrClFN3S/c1-10-14(18)9-13(17)15(21-10)22-16(23)20-8-2-3-11-4-6-12(19)7-5-11/h4-7,9H,2-3,8H2,1H3,(H2,20,21,22,23). The molecule has 1 heterocycles. The largest absolute Gasteiger partial charge is 0.362 e. The molecular formula is C16H16BrClFN3S. The molecule has 1 aromatic carbocycles. The first-order chi connectivity index (χ1) is 11.0. The van der Waals surface area contributed by atoms with E-state index in [4.69, 9.17) is 23.8 Å². The zero-order valence-corrected chi connectivity index (χ0v) is 15.7. The van der Waals surface area contributed by atoms with Gasteiger partial charge in [0.2, 0.25) is 0 Å².